The predicted molar refractivity (Wildman–Crippen MR) is 269 cm³/mol. The second-order valence-electron chi connectivity index (χ2n) is 16.9. The van der Waals surface area contributed by atoms with Crippen LogP contribution >= 0.6 is 43.7 Å². The summed E-state index contributed by atoms with van der Waals surface area (Å²) >= 11 is 5.95. The first-order valence-electron chi connectivity index (χ1n) is 22.9. The van der Waals surface area contributed by atoms with Crippen LogP contribution in [0.5, 0.6) is 5.75 Å². The lowest BCUT2D eigenvalue weighted by molar-refractivity contribution is -0.0581. The Labute approximate surface area is 447 Å². The van der Waals surface area contributed by atoms with Gasteiger partial charge in [0.25, 0.3) is 11.1 Å². The number of nitrogens with two attached hydrogens (primary N) is 2. The molecule has 0 amide bonds. The van der Waals surface area contributed by atoms with Crippen LogP contribution in [0.25, 0.3) is 33.5 Å². The summed E-state index contributed by atoms with van der Waals surface area (Å²) < 4.78 is 97.2. The van der Waals surface area contributed by atoms with Crippen molar-refractivity contribution in [2.75, 3.05) is 57.4 Å². The number of aryl methyl sites for hydroxylation is 1. The molecule has 2 aliphatic rings. The molecule has 2 fully saturated rings. The van der Waals surface area contributed by atoms with Gasteiger partial charge in [-0.15, -0.1) is 0 Å². The van der Waals surface area contributed by atoms with Crippen molar-refractivity contribution in [1.82, 2.24) is 58.6 Å². The number of aromatic nitrogens is 12. The van der Waals surface area contributed by atoms with Crippen LogP contribution in [0.1, 0.15) is 24.7 Å². The molecular weight excluding hydrogens is 1160 g/mol. The molecule has 0 aliphatic carbocycles. The molecule has 12 atom stereocenters. The van der Waals surface area contributed by atoms with Gasteiger partial charge in [0.2, 0.25) is 11.9 Å². The van der Waals surface area contributed by atoms with E-state index < -0.39 is 112 Å². The standard InChI is InChI=1S/C38H48ClN15O21P4/c1-42-29-22-31(44-14-43-29)53(15-45-22)36-28(66-2)27(73-77(60,61)69-12-19-25(55)26(56)35(71-19)54-16-46-23-32(54)49-38(41)50-33(23)57)20(72-36)13-70-79(64,65)75-76(59)74-78(62,63)68-10-3-4-21-47-30-24(34(58)51-37(40)48-30)52(21)9-11-67-18-7-5-17(39)6-8-18/h5-8,14-16,19-20,25-28,35-36,55-56,59H,3-4,9-13H2,1-2H3,(H,60,61)(H,62,63)(H,64,65)(H,42,43,44)(H3,40,48,51,58)(H3,41,49,50,57). The molecule has 1 aromatic carbocycles. The Morgan fingerprint density at radius 3 is 2.15 bits per heavy atom. The fourth-order valence-electron chi connectivity index (χ4n) is 8.38. The largest absolute Gasteiger partial charge is 0.492 e. The minimum absolute atomic E-state index is 0.0176. The Morgan fingerprint density at radius 1 is 0.785 bits per heavy atom. The van der Waals surface area contributed by atoms with Gasteiger partial charge in [0.15, 0.2) is 46.2 Å². The maximum atomic E-state index is 13.7. The van der Waals surface area contributed by atoms with Crippen LogP contribution in [0.3, 0.4) is 0 Å². The third-order valence-electron chi connectivity index (χ3n) is 11.8. The van der Waals surface area contributed by atoms with Gasteiger partial charge in [0.05, 0.1) is 39.0 Å². The number of phosphoric acid groups is 3. The first kappa shape index (κ1) is 58.1. The van der Waals surface area contributed by atoms with E-state index in [0.29, 0.717) is 16.6 Å². The lowest BCUT2D eigenvalue weighted by Crippen LogP contribution is -2.38. The van der Waals surface area contributed by atoms with Gasteiger partial charge >= 0.3 is 32.1 Å². The van der Waals surface area contributed by atoms with E-state index >= 15 is 0 Å². The second kappa shape index (κ2) is 23.9. The van der Waals surface area contributed by atoms with Crippen LogP contribution in [0.4, 0.5) is 17.7 Å². The number of methoxy groups -OCH3 is 1. The molecule has 0 spiro atoms. The number of nitrogens with one attached hydrogen (secondary N) is 3. The van der Waals surface area contributed by atoms with Crippen molar-refractivity contribution in [2.24, 2.45) is 0 Å². The number of benzene rings is 1. The van der Waals surface area contributed by atoms with Crippen LogP contribution in [0.2, 0.25) is 5.02 Å². The van der Waals surface area contributed by atoms with Gasteiger partial charge in [0.1, 0.15) is 66.6 Å². The zero-order valence-corrected chi connectivity index (χ0v) is 45.0. The molecule has 79 heavy (non-hydrogen) atoms. The van der Waals surface area contributed by atoms with Gasteiger partial charge in [0, 0.05) is 25.6 Å². The Hall–Kier alpha value is -5.52. The van der Waals surface area contributed by atoms with Crippen molar-refractivity contribution in [3.05, 3.63) is 74.8 Å². The number of aromatic amines is 2. The number of H-pyrrole nitrogens is 2. The van der Waals surface area contributed by atoms with Crippen molar-refractivity contribution >= 4 is 94.9 Å². The monoisotopic (exact) mass is 1210 g/mol. The molecule has 9 rings (SSSR count). The number of halogens is 1. The third-order valence-corrected chi connectivity index (χ3v) is 16.8. The molecule has 7 aromatic rings. The molecule has 0 radical (unpaired) electrons. The summed E-state index contributed by atoms with van der Waals surface area (Å²) in [6.45, 7) is -2.36. The fraction of sp³-hybridized carbons (Fsp3) is 0.447. The number of fused-ring (bicyclic) bond motifs is 3. The number of nitrogens with zero attached hydrogens (tertiary/aromatic N) is 10. The van der Waals surface area contributed by atoms with Crippen molar-refractivity contribution in [1.29, 1.82) is 0 Å². The number of rotatable bonds is 25. The molecule has 0 saturated carbocycles. The van der Waals surface area contributed by atoms with Gasteiger partial charge in [-0.05, 0) is 30.7 Å². The first-order chi connectivity index (χ1) is 37.5. The minimum atomic E-state index is -5.54. The number of nitrogen functional groups attached to an aromatic ring is 2. The van der Waals surface area contributed by atoms with Gasteiger partial charge in [-0.1, -0.05) is 11.6 Å². The van der Waals surface area contributed by atoms with E-state index in [1.54, 1.807) is 31.3 Å². The van der Waals surface area contributed by atoms with E-state index in [4.69, 9.17) is 60.1 Å². The second-order valence-corrected chi connectivity index (χ2v) is 22.9. The normalized spacial score (nSPS) is 24.2. The molecule has 6 aromatic heterocycles. The van der Waals surface area contributed by atoms with Crippen LogP contribution in [0, 0.1) is 0 Å². The Morgan fingerprint density at radius 2 is 1.43 bits per heavy atom. The van der Waals surface area contributed by atoms with Crippen LogP contribution in [-0.2, 0) is 67.6 Å². The fourth-order valence-corrected chi connectivity index (χ4v) is 12.3. The Kier molecular flexibility index (Phi) is 17.6. The number of aliphatic hydroxyl groups excluding tert-OH is 2. The maximum absolute atomic E-state index is 13.7. The van der Waals surface area contributed by atoms with E-state index in [1.165, 1.54) is 21.8 Å². The summed E-state index contributed by atoms with van der Waals surface area (Å²) in [5, 5.41) is 25.1. The highest BCUT2D eigenvalue weighted by molar-refractivity contribution is 7.63. The molecule has 13 N–H and O–H groups in total. The third kappa shape index (κ3) is 13.1. The molecular formula is C38H48ClN15O21P4. The van der Waals surface area contributed by atoms with Crippen molar-refractivity contribution in [3.63, 3.8) is 0 Å². The van der Waals surface area contributed by atoms with Gasteiger partial charge in [-0.2, -0.15) is 9.97 Å². The first-order valence-corrected chi connectivity index (χ1v) is 28.9. The van der Waals surface area contributed by atoms with E-state index in [-0.39, 0.29) is 77.2 Å². The maximum Gasteiger partial charge on any atom is 0.479 e. The highest BCUT2D eigenvalue weighted by atomic mass is 35.5. The predicted octanol–water partition coefficient (Wildman–Crippen LogP) is 0.484. The quantitative estimate of drug-likeness (QED) is 0.0274. The molecule has 8 heterocycles. The summed E-state index contributed by atoms with van der Waals surface area (Å²) in [7, 11) is -17.2. The van der Waals surface area contributed by atoms with Crippen LogP contribution < -0.4 is 32.6 Å². The van der Waals surface area contributed by atoms with Crippen molar-refractivity contribution in [2.45, 2.75) is 68.5 Å². The highest BCUT2D eigenvalue weighted by Gasteiger charge is 2.52. The van der Waals surface area contributed by atoms with Crippen molar-refractivity contribution < 1.29 is 89.1 Å². The van der Waals surface area contributed by atoms with Gasteiger partial charge in [-0.25, -0.2) is 47.2 Å². The van der Waals surface area contributed by atoms with Crippen LogP contribution in [0.15, 0.2) is 52.8 Å². The lowest BCUT2D eigenvalue weighted by Gasteiger charge is -2.26. The summed E-state index contributed by atoms with van der Waals surface area (Å²) in [5.41, 5.74) is 10.3. The average molecular weight is 1210 g/mol. The molecule has 0 bridgehead atoms. The molecule has 41 heteroatoms. The van der Waals surface area contributed by atoms with Crippen molar-refractivity contribution in [3.8, 4) is 5.75 Å². The number of aliphatic hydroxyl groups is 2. The zero-order valence-electron chi connectivity index (χ0n) is 40.7. The SMILES string of the molecule is CNc1ncnc2c1ncn2C1OC(COP(=O)(O)OP(O)OP(=O)(O)OCCCc2nc3nc(N)[nH]c(=O)c3n2CCOc2ccc(Cl)cc2)C(OP(=O)(O)OCC2OC(n3cnc4c(=O)[nH]c(N)nc43)C(O)C2O)C1OC. The van der Waals surface area contributed by atoms with Gasteiger partial charge in [-0.3, -0.25) is 46.8 Å². The molecule has 2 aliphatic heterocycles. The summed E-state index contributed by atoms with van der Waals surface area (Å²) in [6.07, 6.45) is -9.22. The minimum Gasteiger partial charge on any atom is -0.492 e. The van der Waals surface area contributed by atoms with Gasteiger partial charge < -0.3 is 70.1 Å². The number of hydrogen-bond donors (Lipinski definition) is 11. The summed E-state index contributed by atoms with van der Waals surface area (Å²) in [6, 6.07) is 6.56. The van der Waals surface area contributed by atoms with Crippen LogP contribution in [-0.4, -0.2) is 166 Å². The molecule has 428 valence electrons. The number of ether oxygens (including phenoxy) is 4. The molecule has 12 unspecified atom stereocenters. The molecule has 2 saturated heterocycles. The molecule has 36 nitrogen and oxygen atoms in total. The zero-order chi connectivity index (χ0) is 56.6. The Bertz CT molecular complexity index is 3590. The van der Waals surface area contributed by atoms with E-state index in [9.17, 15) is 53.1 Å². The summed E-state index contributed by atoms with van der Waals surface area (Å²) in [4.78, 5) is 102. The smallest absolute Gasteiger partial charge is 0.479 e. The summed E-state index contributed by atoms with van der Waals surface area (Å²) in [5.74, 6) is 0.598. The number of hydrogen-bond acceptors (Lipinski definition) is 28. The van der Waals surface area contributed by atoms with E-state index in [0.717, 1.165) is 18.0 Å². The van der Waals surface area contributed by atoms with E-state index in [1.807, 2.05) is 0 Å². The topological polar surface area (TPSA) is 500 Å². The lowest BCUT2D eigenvalue weighted by atomic mass is 10.1. The number of anilines is 3. The average Bonchev–Trinajstić information content (AvgIpc) is 4.42. The Balaban J connectivity index is 0.830. The number of imidazole rings is 3. The van der Waals surface area contributed by atoms with E-state index in [2.05, 4.69) is 58.8 Å². The number of phosphoric ester groups is 3. The highest BCUT2D eigenvalue weighted by Crippen LogP contribution is 2.63.